The molecule has 0 amide bonds. The molecule has 0 aliphatic carbocycles. The van der Waals surface area contributed by atoms with E-state index in [0.29, 0.717) is 3.57 Å². The van der Waals surface area contributed by atoms with E-state index in [2.05, 4.69) is 10.1 Å². The molecule has 5 N–H and O–H groups in total. The van der Waals surface area contributed by atoms with Gasteiger partial charge in [-0.2, -0.15) is 10.1 Å². The fourth-order valence-corrected chi connectivity index (χ4v) is 5.43. The summed E-state index contributed by atoms with van der Waals surface area (Å²) in [5.41, 5.74) is 2.92. The topological polar surface area (TPSA) is 184 Å². The molecule has 0 saturated carbocycles. The third-order valence-electron chi connectivity index (χ3n) is 5.38. The van der Waals surface area contributed by atoms with Gasteiger partial charge in [0, 0.05) is 6.20 Å². The lowest BCUT2D eigenvalue weighted by atomic mass is 9.96. The second-order valence-corrected chi connectivity index (χ2v) is 11.8. The summed E-state index contributed by atoms with van der Waals surface area (Å²) in [6.45, 7) is 5.51. The number of rotatable bonds is 10. The molecule has 13 nitrogen and oxygen atoms in total. The number of carbonyl (C=O) groups is 1. The molecule has 37 heavy (non-hydrogen) atoms. The first kappa shape index (κ1) is 29.5. The average Bonchev–Trinajstić information content (AvgIpc) is 3.03. The van der Waals surface area contributed by atoms with E-state index < -0.39 is 62.2 Å². The van der Waals surface area contributed by atoms with Crippen LogP contribution in [-0.4, -0.2) is 62.3 Å². The van der Waals surface area contributed by atoms with Crippen molar-refractivity contribution in [3.63, 3.8) is 0 Å². The van der Waals surface area contributed by atoms with Crippen LogP contribution >= 0.6 is 30.3 Å². The molecule has 0 radical (unpaired) electrons. The Kier molecular flexibility index (Phi) is 9.37. The number of anilines is 1. The number of esters is 1. The highest BCUT2D eigenvalue weighted by molar-refractivity contribution is 14.1. The lowest BCUT2D eigenvalue weighted by Crippen LogP contribution is -2.46. The number of halogens is 1. The van der Waals surface area contributed by atoms with Gasteiger partial charge in [-0.15, -0.1) is 0 Å². The van der Waals surface area contributed by atoms with Crippen LogP contribution in [-0.2, 0) is 23.4 Å². The predicted molar refractivity (Wildman–Crippen MR) is 141 cm³/mol. The van der Waals surface area contributed by atoms with E-state index in [1.165, 1.54) is 20.0 Å². The van der Waals surface area contributed by atoms with Gasteiger partial charge in [0.1, 0.15) is 35.4 Å². The molecule has 1 aliphatic rings. The van der Waals surface area contributed by atoms with Gasteiger partial charge in [0.25, 0.3) is 0 Å². The molecule has 1 aliphatic heterocycles. The number of carbonyl (C=O) groups excluding carboxylic acids is 1. The van der Waals surface area contributed by atoms with Crippen LogP contribution in [0, 0.1) is 3.57 Å². The molecule has 1 saturated heterocycles. The van der Waals surface area contributed by atoms with E-state index in [-0.39, 0.29) is 11.6 Å². The minimum absolute atomic E-state index is 0.00936. The molecule has 0 spiro atoms. The monoisotopic (exact) mass is 652 g/mol. The molecule has 1 fully saturated rings. The molecule has 6 atom stereocenters. The van der Waals surface area contributed by atoms with Crippen molar-refractivity contribution >= 4 is 42.1 Å². The number of para-hydroxylation sites is 1. The molecule has 1 aromatic carbocycles. The maximum atomic E-state index is 13.7. The van der Waals surface area contributed by atoms with Crippen LogP contribution in [0.15, 0.2) is 41.3 Å². The molecule has 2 aromatic rings. The highest BCUT2D eigenvalue weighted by atomic mass is 127. The smallest absolute Gasteiger partial charge is 0.459 e. The van der Waals surface area contributed by atoms with Gasteiger partial charge in [0.15, 0.2) is 6.23 Å². The Labute approximate surface area is 227 Å². The van der Waals surface area contributed by atoms with Crippen LogP contribution in [0.3, 0.4) is 0 Å². The van der Waals surface area contributed by atoms with Gasteiger partial charge in [-0.1, -0.05) is 18.2 Å². The summed E-state index contributed by atoms with van der Waals surface area (Å²) in [5.74, 6) is -0.481. The predicted octanol–water partition coefficient (Wildman–Crippen LogP) is 1.57. The molecule has 15 heteroatoms. The molecule has 3 rings (SSSR count). The summed E-state index contributed by atoms with van der Waals surface area (Å²) in [4.78, 5) is 28.4. The van der Waals surface area contributed by atoms with E-state index in [0.717, 1.165) is 4.57 Å². The van der Waals surface area contributed by atoms with E-state index in [1.54, 1.807) is 44.2 Å². The Morgan fingerprint density at radius 3 is 2.62 bits per heavy atom. The number of hydrogen-bond acceptors (Lipinski definition) is 11. The maximum Gasteiger partial charge on any atom is 0.459 e. The molecule has 2 heterocycles. The molecule has 204 valence electrons. The van der Waals surface area contributed by atoms with Crippen molar-refractivity contribution in [3.8, 4) is 5.75 Å². The SMILES string of the molecule is CC(C)OC(=O)[C@@H](C)N[P@@](=O)(OC[C@H]1OC(n2cc(I)c(N)nc2=O)[C@](C)(O)[C@@H]1O)Oc1ccccc1. The Bertz CT molecular complexity index is 1210. The normalized spacial score (nSPS) is 26.0. The Morgan fingerprint density at radius 2 is 2.00 bits per heavy atom. The van der Waals surface area contributed by atoms with Gasteiger partial charge in [-0.05, 0) is 62.4 Å². The first-order chi connectivity index (χ1) is 17.2. The van der Waals surface area contributed by atoms with Crippen molar-refractivity contribution in [1.82, 2.24) is 14.6 Å². The molecular formula is C22H30IN4O9P. The van der Waals surface area contributed by atoms with Crippen molar-refractivity contribution in [3.05, 3.63) is 50.6 Å². The zero-order valence-electron chi connectivity index (χ0n) is 20.6. The second-order valence-electron chi connectivity index (χ2n) is 8.90. The first-order valence-corrected chi connectivity index (χ1v) is 13.9. The van der Waals surface area contributed by atoms with E-state index in [1.807, 2.05) is 22.6 Å². The zero-order chi connectivity index (χ0) is 27.5. The number of benzene rings is 1. The van der Waals surface area contributed by atoms with Crippen LogP contribution in [0.1, 0.15) is 33.9 Å². The summed E-state index contributed by atoms with van der Waals surface area (Å²) in [6.07, 6.45) is -3.22. The maximum absolute atomic E-state index is 13.7. The third kappa shape index (κ3) is 7.07. The van der Waals surface area contributed by atoms with Gasteiger partial charge >= 0.3 is 19.4 Å². The van der Waals surface area contributed by atoms with Crippen molar-refractivity contribution in [2.45, 2.75) is 63.9 Å². The first-order valence-electron chi connectivity index (χ1n) is 11.3. The highest BCUT2D eigenvalue weighted by Crippen LogP contribution is 2.47. The van der Waals surface area contributed by atoms with Gasteiger partial charge in [-0.3, -0.25) is 13.9 Å². The minimum atomic E-state index is -4.25. The van der Waals surface area contributed by atoms with E-state index in [4.69, 9.17) is 24.3 Å². The summed E-state index contributed by atoms with van der Waals surface area (Å²) in [7, 11) is -4.25. The molecular weight excluding hydrogens is 622 g/mol. The Morgan fingerprint density at radius 1 is 1.35 bits per heavy atom. The summed E-state index contributed by atoms with van der Waals surface area (Å²) in [5, 5.41) is 24.3. The lowest BCUT2D eigenvalue weighted by Gasteiger charge is -2.27. The Hall–Kier alpha value is -2.07. The van der Waals surface area contributed by atoms with Crippen LogP contribution in [0.5, 0.6) is 5.75 Å². The van der Waals surface area contributed by atoms with E-state index >= 15 is 0 Å². The number of aliphatic hydroxyl groups is 2. The average molecular weight is 652 g/mol. The summed E-state index contributed by atoms with van der Waals surface area (Å²) in [6, 6.07) is 7.04. The van der Waals surface area contributed by atoms with Crippen LogP contribution in [0.2, 0.25) is 0 Å². The van der Waals surface area contributed by atoms with Crippen molar-refractivity contribution in [2.75, 3.05) is 12.3 Å². The van der Waals surface area contributed by atoms with Crippen LogP contribution < -0.4 is 21.0 Å². The summed E-state index contributed by atoms with van der Waals surface area (Å²) < 4.78 is 37.1. The van der Waals surface area contributed by atoms with Gasteiger partial charge in [-0.25, -0.2) is 9.36 Å². The van der Waals surface area contributed by atoms with Gasteiger partial charge in [0.2, 0.25) is 0 Å². The van der Waals surface area contributed by atoms with Gasteiger partial charge < -0.3 is 29.9 Å². The number of nitrogens with two attached hydrogens (primary N) is 1. The number of aliphatic hydroxyl groups excluding tert-OH is 1. The quantitative estimate of drug-likeness (QED) is 0.165. The van der Waals surface area contributed by atoms with Crippen molar-refractivity contribution in [2.24, 2.45) is 0 Å². The fraction of sp³-hybridized carbons (Fsp3) is 0.500. The fourth-order valence-electron chi connectivity index (χ4n) is 3.51. The standard InChI is InChI=1S/C22H30IN4O9P/c1-12(2)34-19(29)13(3)26-37(32,36-14-8-6-5-7-9-14)33-11-16-17(28)22(4,31)20(35-16)27-10-15(23)18(24)25-21(27)30/h5-10,12-13,16-17,20,28,31H,11H2,1-4H3,(H,26,32)(H2,24,25,30)/t13-,16-,17-,20?,22-,37-/m1/s1. The number of nitrogens with one attached hydrogen (secondary N) is 1. The van der Waals surface area contributed by atoms with Crippen LogP contribution in [0.25, 0.3) is 0 Å². The third-order valence-corrected chi connectivity index (χ3v) is 7.85. The zero-order valence-corrected chi connectivity index (χ0v) is 23.7. The number of hydrogen-bond donors (Lipinski definition) is 4. The lowest BCUT2D eigenvalue weighted by molar-refractivity contribution is -0.149. The number of aromatic nitrogens is 2. The van der Waals surface area contributed by atoms with Crippen molar-refractivity contribution in [1.29, 1.82) is 0 Å². The second kappa shape index (κ2) is 11.8. The minimum Gasteiger partial charge on any atom is -0.462 e. The summed E-state index contributed by atoms with van der Waals surface area (Å²) >= 11 is 1.87. The molecule has 1 unspecified atom stereocenters. The highest BCUT2D eigenvalue weighted by Gasteiger charge is 2.54. The van der Waals surface area contributed by atoms with Crippen LogP contribution in [0.4, 0.5) is 5.82 Å². The number of nitrogens with zero attached hydrogens (tertiary/aromatic N) is 2. The number of nitrogen functional groups attached to an aromatic ring is 1. The molecule has 1 aromatic heterocycles. The molecule has 0 bridgehead atoms. The Balaban J connectivity index is 1.81. The number of ether oxygens (including phenoxy) is 2. The van der Waals surface area contributed by atoms with Gasteiger partial charge in [0.05, 0.1) is 16.3 Å². The van der Waals surface area contributed by atoms with Crippen molar-refractivity contribution < 1.29 is 38.1 Å². The largest absolute Gasteiger partial charge is 0.462 e. The van der Waals surface area contributed by atoms with E-state index in [9.17, 15) is 24.4 Å².